The molecule has 0 unspecified atom stereocenters. The molecule has 1 aromatic carbocycles. The molecule has 1 aliphatic rings. The van der Waals surface area contributed by atoms with Gasteiger partial charge in [0.05, 0.1) is 5.69 Å². The summed E-state index contributed by atoms with van der Waals surface area (Å²) in [6.07, 6.45) is 5.56. The van der Waals surface area contributed by atoms with Gasteiger partial charge in [-0.1, -0.05) is 30.0 Å². The number of aromatic nitrogens is 2. The van der Waals surface area contributed by atoms with Crippen LogP contribution in [0.15, 0.2) is 34.4 Å². The standard InChI is InChI=1S/C13H11N3OS/c1-18-13-15-11(12(17)16-13)6-8-7-14-10-5-3-2-4-9(8)10/h2-7,17H,1H3,(H,15,16). The molecule has 2 N–H and O–H groups in total. The number of hydrogen-bond acceptors (Lipinski definition) is 4. The molecule has 2 heterocycles. The van der Waals surface area contributed by atoms with E-state index in [1.54, 1.807) is 6.21 Å². The van der Waals surface area contributed by atoms with Gasteiger partial charge in [0.15, 0.2) is 5.16 Å². The van der Waals surface area contributed by atoms with Crippen molar-refractivity contribution >= 4 is 35.3 Å². The Morgan fingerprint density at radius 3 is 2.94 bits per heavy atom. The predicted octanol–water partition coefficient (Wildman–Crippen LogP) is 3.09. The lowest BCUT2D eigenvalue weighted by atomic mass is 10.1. The minimum absolute atomic E-state index is 0.0182. The van der Waals surface area contributed by atoms with E-state index in [-0.39, 0.29) is 5.88 Å². The van der Waals surface area contributed by atoms with Crippen LogP contribution in [0.3, 0.4) is 0 Å². The van der Waals surface area contributed by atoms with Gasteiger partial charge in [0.1, 0.15) is 5.69 Å². The molecule has 1 aliphatic heterocycles. The second-order valence-electron chi connectivity index (χ2n) is 3.86. The SMILES string of the molecule is CSc1nc(O)c(C=C2C=Nc3ccccc32)[nH]1. The van der Waals surface area contributed by atoms with Crippen LogP contribution >= 0.6 is 11.8 Å². The number of rotatable bonds is 2. The monoisotopic (exact) mass is 257 g/mol. The second kappa shape index (κ2) is 4.34. The smallest absolute Gasteiger partial charge is 0.237 e. The first-order chi connectivity index (χ1) is 8.78. The van der Waals surface area contributed by atoms with Gasteiger partial charge in [0.25, 0.3) is 0 Å². The molecule has 18 heavy (non-hydrogen) atoms. The van der Waals surface area contributed by atoms with Gasteiger partial charge in [-0.2, -0.15) is 4.98 Å². The van der Waals surface area contributed by atoms with Crippen molar-refractivity contribution in [3.8, 4) is 5.88 Å². The fourth-order valence-electron chi connectivity index (χ4n) is 1.86. The summed E-state index contributed by atoms with van der Waals surface area (Å²) in [5, 5.41) is 10.4. The van der Waals surface area contributed by atoms with E-state index in [1.165, 1.54) is 11.8 Å². The van der Waals surface area contributed by atoms with E-state index in [4.69, 9.17) is 0 Å². The number of hydrogen-bond donors (Lipinski definition) is 2. The van der Waals surface area contributed by atoms with E-state index >= 15 is 0 Å². The van der Waals surface area contributed by atoms with Crippen molar-refractivity contribution in [3.63, 3.8) is 0 Å². The Bertz CT molecular complexity index is 658. The average Bonchev–Trinajstić information content (AvgIpc) is 2.95. The molecule has 2 aromatic rings. The van der Waals surface area contributed by atoms with E-state index in [2.05, 4.69) is 15.0 Å². The predicted molar refractivity (Wildman–Crippen MR) is 74.5 cm³/mol. The number of benzene rings is 1. The van der Waals surface area contributed by atoms with Crippen molar-refractivity contribution in [2.45, 2.75) is 5.16 Å². The highest BCUT2D eigenvalue weighted by atomic mass is 32.2. The number of imidazole rings is 1. The van der Waals surface area contributed by atoms with E-state index in [1.807, 2.05) is 36.6 Å². The first kappa shape index (κ1) is 11.1. The van der Waals surface area contributed by atoms with Gasteiger partial charge in [-0.05, 0) is 18.4 Å². The van der Waals surface area contributed by atoms with Crippen LogP contribution in [0, 0.1) is 0 Å². The summed E-state index contributed by atoms with van der Waals surface area (Å²) in [6, 6.07) is 7.91. The van der Waals surface area contributed by atoms with Crippen LogP contribution in [0.1, 0.15) is 11.3 Å². The van der Waals surface area contributed by atoms with E-state index in [0.29, 0.717) is 10.9 Å². The van der Waals surface area contributed by atoms with Crippen molar-refractivity contribution in [2.75, 3.05) is 6.26 Å². The Morgan fingerprint density at radius 1 is 1.33 bits per heavy atom. The summed E-state index contributed by atoms with van der Waals surface area (Å²) in [4.78, 5) is 11.4. The van der Waals surface area contributed by atoms with Crippen LogP contribution in [0.2, 0.25) is 0 Å². The Balaban J connectivity index is 2.03. The number of aliphatic imine (C=N–C) groups is 1. The summed E-state index contributed by atoms with van der Waals surface area (Å²) in [6.45, 7) is 0. The molecular weight excluding hydrogens is 246 g/mol. The largest absolute Gasteiger partial charge is 0.492 e. The van der Waals surface area contributed by atoms with Gasteiger partial charge < -0.3 is 10.1 Å². The molecule has 0 amide bonds. The molecule has 90 valence electrons. The summed E-state index contributed by atoms with van der Waals surface area (Å²) < 4.78 is 0. The van der Waals surface area contributed by atoms with Gasteiger partial charge in [0.2, 0.25) is 5.88 Å². The number of fused-ring (bicyclic) bond motifs is 1. The van der Waals surface area contributed by atoms with Gasteiger partial charge in [0, 0.05) is 17.4 Å². The van der Waals surface area contributed by atoms with Gasteiger partial charge >= 0.3 is 0 Å². The molecule has 0 bridgehead atoms. The number of nitrogens with one attached hydrogen (secondary N) is 1. The Labute approximate surface area is 108 Å². The van der Waals surface area contributed by atoms with Gasteiger partial charge in [-0.3, -0.25) is 4.99 Å². The molecule has 5 heteroatoms. The lowest BCUT2D eigenvalue weighted by molar-refractivity contribution is 0.453. The lowest BCUT2D eigenvalue weighted by Crippen LogP contribution is -1.81. The lowest BCUT2D eigenvalue weighted by Gasteiger charge is -1.97. The summed E-state index contributed by atoms with van der Waals surface area (Å²) in [5.74, 6) is 0.0182. The van der Waals surface area contributed by atoms with Crippen LogP contribution in [-0.4, -0.2) is 27.5 Å². The van der Waals surface area contributed by atoms with E-state index < -0.39 is 0 Å². The fourth-order valence-corrected chi connectivity index (χ4v) is 2.25. The van der Waals surface area contributed by atoms with Gasteiger partial charge in [-0.15, -0.1) is 0 Å². The van der Waals surface area contributed by atoms with Crippen LogP contribution < -0.4 is 0 Å². The third kappa shape index (κ3) is 1.82. The van der Waals surface area contributed by atoms with Crippen LogP contribution in [0.25, 0.3) is 11.6 Å². The molecule has 0 saturated heterocycles. The van der Waals surface area contributed by atoms with E-state index in [9.17, 15) is 5.11 Å². The summed E-state index contributed by atoms with van der Waals surface area (Å²) in [5.41, 5.74) is 3.60. The maximum absolute atomic E-state index is 9.73. The Hall–Kier alpha value is -2.01. The topological polar surface area (TPSA) is 61.3 Å². The molecule has 0 fully saturated rings. The highest BCUT2D eigenvalue weighted by Crippen LogP contribution is 2.33. The normalized spacial score (nSPS) is 15.3. The summed E-state index contributed by atoms with van der Waals surface area (Å²) >= 11 is 1.46. The number of para-hydroxylation sites is 1. The molecule has 3 rings (SSSR count). The molecule has 0 atom stereocenters. The molecular formula is C13H11N3OS. The number of aromatic amines is 1. The number of H-pyrrole nitrogens is 1. The zero-order valence-electron chi connectivity index (χ0n) is 9.71. The van der Waals surface area contributed by atoms with Crippen molar-refractivity contribution in [1.29, 1.82) is 0 Å². The second-order valence-corrected chi connectivity index (χ2v) is 4.65. The van der Waals surface area contributed by atoms with Gasteiger partial charge in [-0.25, -0.2) is 0 Å². The molecule has 0 saturated carbocycles. The number of nitrogens with zero attached hydrogens (tertiary/aromatic N) is 2. The fraction of sp³-hybridized carbons (Fsp3) is 0.0769. The number of allylic oxidation sites excluding steroid dienone is 1. The minimum atomic E-state index is 0.0182. The molecule has 1 aromatic heterocycles. The van der Waals surface area contributed by atoms with Crippen molar-refractivity contribution < 1.29 is 5.11 Å². The molecule has 0 radical (unpaired) electrons. The maximum atomic E-state index is 9.73. The zero-order chi connectivity index (χ0) is 12.5. The Kier molecular flexibility index (Phi) is 2.68. The quantitative estimate of drug-likeness (QED) is 0.813. The molecule has 0 aliphatic carbocycles. The summed E-state index contributed by atoms with van der Waals surface area (Å²) in [7, 11) is 0. The van der Waals surface area contributed by atoms with Crippen molar-refractivity contribution in [2.24, 2.45) is 4.99 Å². The minimum Gasteiger partial charge on any atom is -0.492 e. The number of thioether (sulfide) groups is 1. The van der Waals surface area contributed by atoms with Crippen molar-refractivity contribution in [1.82, 2.24) is 9.97 Å². The highest BCUT2D eigenvalue weighted by molar-refractivity contribution is 7.98. The first-order valence-electron chi connectivity index (χ1n) is 5.46. The number of aromatic hydroxyl groups is 1. The average molecular weight is 257 g/mol. The first-order valence-corrected chi connectivity index (χ1v) is 6.68. The van der Waals surface area contributed by atoms with Crippen molar-refractivity contribution in [3.05, 3.63) is 35.5 Å². The Morgan fingerprint density at radius 2 is 2.17 bits per heavy atom. The molecule has 4 nitrogen and oxygen atoms in total. The third-order valence-electron chi connectivity index (χ3n) is 2.74. The van der Waals surface area contributed by atoms with E-state index in [0.717, 1.165) is 16.8 Å². The maximum Gasteiger partial charge on any atom is 0.237 e. The third-order valence-corrected chi connectivity index (χ3v) is 3.32. The molecule has 0 spiro atoms. The zero-order valence-corrected chi connectivity index (χ0v) is 10.5. The van der Waals surface area contributed by atoms with Crippen LogP contribution in [-0.2, 0) is 0 Å². The van der Waals surface area contributed by atoms with Crippen LogP contribution in [0.4, 0.5) is 5.69 Å². The van der Waals surface area contributed by atoms with Crippen LogP contribution in [0.5, 0.6) is 5.88 Å². The highest BCUT2D eigenvalue weighted by Gasteiger charge is 2.13.